The van der Waals surface area contributed by atoms with Crippen molar-refractivity contribution in [3.63, 3.8) is 0 Å². The van der Waals surface area contributed by atoms with Crippen molar-refractivity contribution in [2.45, 2.75) is 132 Å². The zero-order valence-electron chi connectivity index (χ0n) is 48.4. The van der Waals surface area contributed by atoms with E-state index in [0.717, 1.165) is 89.1 Å². The molecule has 2 bridgehead atoms. The number of aliphatic hydroxyl groups is 1. The van der Waals surface area contributed by atoms with E-state index in [1.54, 1.807) is 19.2 Å². The zero-order chi connectivity index (χ0) is 58.0. The maximum atomic E-state index is 15.1. The Balaban J connectivity index is 0.788. The van der Waals surface area contributed by atoms with Gasteiger partial charge in [0.15, 0.2) is 5.75 Å². The number of amides is 1. The number of piperidine rings is 1. The van der Waals surface area contributed by atoms with Crippen molar-refractivity contribution in [1.82, 2.24) is 29.5 Å². The molecular formula is C64H77FN9O8S-. The van der Waals surface area contributed by atoms with Crippen LogP contribution in [0.3, 0.4) is 0 Å². The lowest BCUT2D eigenvalue weighted by atomic mass is 9.59. The number of aromatic amines is 1. The van der Waals surface area contributed by atoms with Crippen LogP contribution in [-0.4, -0.2) is 116 Å². The van der Waals surface area contributed by atoms with Gasteiger partial charge in [-0.15, -0.1) is 0 Å². The number of methoxy groups -OCH3 is 2. The number of imidazole rings is 1. The second kappa shape index (κ2) is 22.7. The van der Waals surface area contributed by atoms with E-state index in [0.29, 0.717) is 65.8 Å². The molecule has 1 amide bonds. The molecule has 6 aliphatic rings. The Morgan fingerprint density at radius 3 is 2.43 bits per heavy atom. The Morgan fingerprint density at radius 1 is 0.952 bits per heavy atom. The van der Waals surface area contributed by atoms with Crippen LogP contribution in [0.2, 0.25) is 0 Å². The normalized spacial score (nSPS) is 23.6. The first kappa shape index (κ1) is 56.7. The van der Waals surface area contributed by atoms with Gasteiger partial charge in [-0.05, 0) is 161 Å². The number of benzene rings is 4. The van der Waals surface area contributed by atoms with Gasteiger partial charge in [0.25, 0.3) is 21.8 Å². The summed E-state index contributed by atoms with van der Waals surface area (Å²) in [7, 11) is -0.303. The van der Waals surface area contributed by atoms with Crippen LogP contribution >= 0.6 is 0 Å². The number of hydrogen-bond donors (Lipinski definition) is 4. The Morgan fingerprint density at radius 2 is 1.71 bits per heavy atom. The largest absolute Gasteiger partial charge is 0.758 e. The van der Waals surface area contributed by atoms with Gasteiger partial charge in [-0.3, -0.25) is 14.6 Å². The molecule has 19 heteroatoms. The quantitative estimate of drug-likeness (QED) is 0.0628. The Labute approximate surface area is 486 Å². The van der Waals surface area contributed by atoms with Gasteiger partial charge in [0.2, 0.25) is 0 Å². The summed E-state index contributed by atoms with van der Waals surface area (Å²) in [4.78, 5) is 34.1. The molecule has 3 atom stereocenters. The summed E-state index contributed by atoms with van der Waals surface area (Å²) in [5, 5.41) is 27.7. The minimum Gasteiger partial charge on any atom is -0.758 e. The maximum absolute atomic E-state index is 15.1. The number of anilines is 3. The number of aromatic nitrogens is 3. The van der Waals surface area contributed by atoms with Crippen LogP contribution in [-0.2, 0) is 23.0 Å². The summed E-state index contributed by atoms with van der Waals surface area (Å²) < 4.78 is 64.1. The standard InChI is InChI=1S/C64H77FN9O8S/c1-39(2)47-9-7-8-10-48(47)53-28-42-27-44(73(36-42)35-41-11-14-46(80-5)15-12-41)37-74(53)45-32-64(33-45)23-25-72(26-24-64)43-13-16-49(55(29-43)82-56-30-50-51(65)17-18-52(50)69-62(56)81-6)61(75)70-83(78,79)57-31-54(71(4)77)58(60-59(57)67-38-68-60)66-34-40-19-21-63(3,76)22-20-40/h7-17,29-31,38-40,42,44-45,53,66,76H,18-28,32-37H2,1-6H3,(H,67,68)(H,70,75)/q-1/t40?,42?,44?,53-,63?/m0/s1. The topological polar surface area (TPSA) is 201 Å². The molecular weight excluding hydrogens is 1070 g/mol. The Hall–Kier alpha value is -6.77. The number of halogens is 1. The predicted octanol–water partition coefficient (Wildman–Crippen LogP) is 11.2. The van der Waals surface area contributed by atoms with Crippen molar-refractivity contribution in [3.05, 3.63) is 130 Å². The van der Waals surface area contributed by atoms with Crippen molar-refractivity contribution in [3.8, 4) is 23.1 Å². The van der Waals surface area contributed by atoms with Crippen LogP contribution in [0, 0.1) is 22.5 Å². The molecule has 2 aromatic heterocycles. The zero-order valence-corrected chi connectivity index (χ0v) is 49.2. The Kier molecular flexibility index (Phi) is 15.5. The van der Waals surface area contributed by atoms with Gasteiger partial charge in [0.1, 0.15) is 27.7 Å². The van der Waals surface area contributed by atoms with Crippen LogP contribution in [0.5, 0.6) is 23.1 Å². The van der Waals surface area contributed by atoms with E-state index in [9.17, 15) is 23.5 Å². The van der Waals surface area contributed by atoms with Gasteiger partial charge < -0.3 is 44.8 Å². The van der Waals surface area contributed by atoms with E-state index in [4.69, 9.17) is 14.2 Å². The summed E-state index contributed by atoms with van der Waals surface area (Å²) in [5.41, 5.74) is 5.81. The number of likely N-dealkylation sites (tertiary alicyclic amines) is 2. The highest BCUT2D eigenvalue weighted by molar-refractivity contribution is 7.90. The fourth-order valence-electron chi connectivity index (χ4n) is 14.5. The molecule has 5 heterocycles. The molecule has 2 unspecified atom stereocenters. The van der Waals surface area contributed by atoms with E-state index < -0.39 is 27.4 Å². The summed E-state index contributed by atoms with van der Waals surface area (Å²) in [6.45, 7) is 11.5. The van der Waals surface area contributed by atoms with Crippen molar-refractivity contribution in [2.75, 3.05) is 69.3 Å². The number of rotatable bonds is 17. The highest BCUT2D eigenvalue weighted by Gasteiger charge is 2.52. The van der Waals surface area contributed by atoms with E-state index in [-0.39, 0.29) is 67.9 Å². The molecule has 440 valence electrons. The van der Waals surface area contributed by atoms with Gasteiger partial charge in [-0.2, -0.15) is 0 Å². The molecule has 12 rings (SSSR count). The molecule has 4 aromatic carbocycles. The van der Waals surface area contributed by atoms with Crippen molar-refractivity contribution in [2.24, 2.45) is 17.3 Å². The first-order valence-electron chi connectivity index (χ1n) is 29.5. The number of carbonyl (C=O) groups is 1. The second-order valence-electron chi connectivity index (χ2n) is 25.0. The number of pyridine rings is 1. The molecule has 83 heavy (non-hydrogen) atoms. The monoisotopic (exact) mass is 1150 g/mol. The van der Waals surface area contributed by atoms with Gasteiger partial charge in [0, 0.05) is 81.1 Å². The van der Waals surface area contributed by atoms with Crippen LogP contribution in [0.25, 0.3) is 16.9 Å². The average Bonchev–Trinajstić information content (AvgIpc) is 3.38. The molecule has 0 radical (unpaired) electrons. The molecule has 1 spiro atoms. The molecule has 3 aliphatic heterocycles. The van der Waals surface area contributed by atoms with Crippen LogP contribution in [0.1, 0.15) is 135 Å². The minimum atomic E-state index is -4.72. The predicted molar refractivity (Wildman–Crippen MR) is 320 cm³/mol. The number of fused-ring (bicyclic) bond motifs is 4. The number of nitrogens with zero attached hydrogens (tertiary/aromatic N) is 6. The van der Waals surface area contributed by atoms with Crippen molar-refractivity contribution >= 4 is 49.9 Å². The third-order valence-corrected chi connectivity index (χ3v) is 20.5. The fourth-order valence-corrected chi connectivity index (χ4v) is 15.6. The van der Waals surface area contributed by atoms with E-state index in [2.05, 4.69) is 102 Å². The molecule has 6 aromatic rings. The van der Waals surface area contributed by atoms with Gasteiger partial charge in [0.05, 0.1) is 54.3 Å². The van der Waals surface area contributed by atoms with Crippen LogP contribution < -0.4 is 34.2 Å². The van der Waals surface area contributed by atoms with Crippen molar-refractivity contribution < 1.29 is 36.9 Å². The second-order valence-corrected chi connectivity index (χ2v) is 26.6. The summed E-state index contributed by atoms with van der Waals surface area (Å²) in [6.07, 6.45) is 12.5. The molecule has 3 saturated heterocycles. The molecule has 5 fully saturated rings. The lowest BCUT2D eigenvalue weighted by molar-refractivity contribution is -0.0482. The number of ether oxygens (including phenoxy) is 3. The number of carbonyl (C=O) groups excluding carboxylic acids is 1. The van der Waals surface area contributed by atoms with Crippen molar-refractivity contribution in [1.29, 1.82) is 0 Å². The lowest BCUT2D eigenvalue weighted by Crippen LogP contribution is -2.57. The van der Waals surface area contributed by atoms with E-state index in [1.165, 1.54) is 61.8 Å². The minimum absolute atomic E-state index is 0.0134. The highest BCUT2D eigenvalue weighted by Crippen LogP contribution is 2.55. The third kappa shape index (κ3) is 11.4. The maximum Gasteiger partial charge on any atom is 0.268 e. The lowest BCUT2D eigenvalue weighted by Gasteiger charge is -2.57. The number of nitrogens with one attached hydrogen (secondary N) is 3. The number of hydroxylamine groups is 1. The first-order valence-corrected chi connectivity index (χ1v) is 31.0. The summed E-state index contributed by atoms with van der Waals surface area (Å²) in [6, 6.07) is 26.7. The summed E-state index contributed by atoms with van der Waals surface area (Å²) >= 11 is 0. The van der Waals surface area contributed by atoms with Gasteiger partial charge in [-0.25, -0.2) is 27.5 Å². The SMILES string of the molecule is COc1ccc(CN2CC3CC2CN(C2CC4(CCN(c5ccc(C(=O)NS(=O)(=O)c6cc(N(C)[O-])c(NCC7CCC(C)(O)CC7)c7[nH]cnc67)c(Oc6cc7c(nc6OC)CC=C7F)c5)CC4)C2)[C@H](c2ccccc2C(C)C)C3)cc1. The van der Waals surface area contributed by atoms with Gasteiger partial charge >= 0.3 is 0 Å². The average molecular weight is 1150 g/mol. The number of sulfonamides is 1. The van der Waals surface area contributed by atoms with E-state index in [1.807, 2.05) is 13.0 Å². The first-order chi connectivity index (χ1) is 39.9. The van der Waals surface area contributed by atoms with Gasteiger partial charge in [-0.1, -0.05) is 50.2 Å². The summed E-state index contributed by atoms with van der Waals surface area (Å²) in [5.74, 6) is 0.812. The van der Waals surface area contributed by atoms with E-state index >= 15 is 4.39 Å². The molecule has 3 aliphatic carbocycles. The molecule has 4 N–H and O–H groups in total. The Bertz CT molecular complexity index is 3530. The fraction of sp³-hybridized carbons (Fsp3) is 0.484. The smallest absolute Gasteiger partial charge is 0.268 e. The third-order valence-electron chi connectivity index (χ3n) is 19.2. The number of H-pyrrole nitrogens is 1. The highest BCUT2D eigenvalue weighted by atomic mass is 32.2. The van der Waals surface area contributed by atoms with Crippen LogP contribution in [0.4, 0.5) is 21.5 Å². The molecule has 17 nitrogen and oxygen atoms in total. The van der Waals surface area contributed by atoms with Crippen LogP contribution in [0.15, 0.2) is 96.2 Å². The number of allylic oxidation sites excluding steroid dienone is 1. The number of hydrogen-bond acceptors (Lipinski definition) is 15. The molecule has 2 saturated carbocycles.